The fourth-order valence-electron chi connectivity index (χ4n) is 1.85. The SMILES string of the molecule is Cc1cccc(Cl)c1OCCNC(=O)c1cn(CCN)nn1. The van der Waals surface area contributed by atoms with Gasteiger partial charge in [0.25, 0.3) is 5.91 Å². The summed E-state index contributed by atoms with van der Waals surface area (Å²) in [5.41, 5.74) is 6.61. The zero-order valence-electron chi connectivity index (χ0n) is 12.3. The fourth-order valence-corrected chi connectivity index (χ4v) is 2.13. The van der Waals surface area contributed by atoms with Crippen molar-refractivity contribution < 1.29 is 9.53 Å². The summed E-state index contributed by atoms with van der Waals surface area (Å²) in [7, 11) is 0. The van der Waals surface area contributed by atoms with Gasteiger partial charge in [0, 0.05) is 6.54 Å². The smallest absolute Gasteiger partial charge is 0.273 e. The average molecular weight is 324 g/mol. The number of rotatable bonds is 7. The number of nitrogens with two attached hydrogens (primary N) is 1. The Balaban J connectivity index is 1.79. The van der Waals surface area contributed by atoms with Gasteiger partial charge < -0.3 is 15.8 Å². The van der Waals surface area contributed by atoms with Gasteiger partial charge in [-0.15, -0.1) is 5.10 Å². The van der Waals surface area contributed by atoms with E-state index in [1.54, 1.807) is 12.3 Å². The Morgan fingerprint density at radius 2 is 2.32 bits per heavy atom. The van der Waals surface area contributed by atoms with Gasteiger partial charge in [-0.05, 0) is 18.6 Å². The molecule has 0 saturated carbocycles. The number of hydrogen-bond acceptors (Lipinski definition) is 5. The van der Waals surface area contributed by atoms with Crippen LogP contribution in [0.1, 0.15) is 16.1 Å². The minimum absolute atomic E-state index is 0.252. The molecule has 0 unspecified atom stereocenters. The van der Waals surface area contributed by atoms with Crippen LogP contribution in [0, 0.1) is 6.92 Å². The normalized spacial score (nSPS) is 10.5. The maximum atomic E-state index is 11.9. The lowest BCUT2D eigenvalue weighted by Gasteiger charge is -2.10. The number of nitrogens with zero attached hydrogens (tertiary/aromatic N) is 3. The third-order valence-corrected chi connectivity index (χ3v) is 3.22. The second-order valence-electron chi connectivity index (χ2n) is 4.65. The number of amides is 1. The quantitative estimate of drug-likeness (QED) is 0.741. The molecule has 2 aromatic rings. The highest BCUT2D eigenvalue weighted by Crippen LogP contribution is 2.27. The zero-order valence-corrected chi connectivity index (χ0v) is 13.0. The molecule has 0 aliphatic rings. The second-order valence-corrected chi connectivity index (χ2v) is 5.05. The van der Waals surface area contributed by atoms with Crippen molar-refractivity contribution >= 4 is 17.5 Å². The molecule has 0 atom stereocenters. The minimum atomic E-state index is -0.303. The Bertz CT molecular complexity index is 624. The fraction of sp³-hybridized carbons (Fsp3) is 0.357. The summed E-state index contributed by atoms with van der Waals surface area (Å²) in [5.74, 6) is 0.329. The van der Waals surface area contributed by atoms with Gasteiger partial charge in [-0.3, -0.25) is 9.48 Å². The summed E-state index contributed by atoms with van der Waals surface area (Å²) >= 11 is 6.06. The maximum absolute atomic E-state index is 11.9. The molecule has 0 spiro atoms. The van der Waals surface area contributed by atoms with Crippen LogP contribution in [0.3, 0.4) is 0 Å². The second kappa shape index (κ2) is 7.77. The number of nitrogens with one attached hydrogen (secondary N) is 1. The third-order valence-electron chi connectivity index (χ3n) is 2.93. The van der Waals surface area contributed by atoms with Crippen LogP contribution in [0.4, 0.5) is 0 Å². The van der Waals surface area contributed by atoms with Crippen LogP contribution in [0.15, 0.2) is 24.4 Å². The number of carbonyl (C=O) groups excluding carboxylic acids is 1. The Labute approximate surface area is 133 Å². The van der Waals surface area contributed by atoms with E-state index in [9.17, 15) is 4.79 Å². The summed E-state index contributed by atoms with van der Waals surface area (Å²) in [6, 6.07) is 5.53. The summed E-state index contributed by atoms with van der Waals surface area (Å²) in [6.45, 7) is 3.53. The highest BCUT2D eigenvalue weighted by molar-refractivity contribution is 6.32. The van der Waals surface area contributed by atoms with Crippen LogP contribution in [-0.4, -0.2) is 40.6 Å². The molecule has 7 nitrogen and oxygen atoms in total. The first-order chi connectivity index (χ1) is 10.6. The molecule has 8 heteroatoms. The van der Waals surface area contributed by atoms with Crippen LogP contribution < -0.4 is 15.8 Å². The molecule has 2 rings (SSSR count). The number of benzene rings is 1. The van der Waals surface area contributed by atoms with Crippen LogP contribution in [0.25, 0.3) is 0 Å². The number of ether oxygens (including phenoxy) is 1. The topological polar surface area (TPSA) is 95.1 Å². The van der Waals surface area contributed by atoms with Crippen molar-refractivity contribution in [3.63, 3.8) is 0 Å². The predicted molar refractivity (Wildman–Crippen MR) is 83.1 cm³/mol. The van der Waals surface area contributed by atoms with Gasteiger partial charge >= 0.3 is 0 Å². The summed E-state index contributed by atoms with van der Waals surface area (Å²) in [4.78, 5) is 11.9. The minimum Gasteiger partial charge on any atom is -0.490 e. The first-order valence-electron chi connectivity index (χ1n) is 6.88. The monoisotopic (exact) mass is 323 g/mol. The molecular weight excluding hydrogens is 306 g/mol. The third kappa shape index (κ3) is 4.19. The van der Waals surface area contributed by atoms with Gasteiger partial charge in [-0.1, -0.05) is 28.9 Å². The van der Waals surface area contributed by atoms with Gasteiger partial charge in [0.05, 0.1) is 24.3 Å². The Morgan fingerprint density at radius 3 is 3.05 bits per heavy atom. The highest BCUT2D eigenvalue weighted by atomic mass is 35.5. The first-order valence-corrected chi connectivity index (χ1v) is 7.26. The lowest BCUT2D eigenvalue weighted by atomic mass is 10.2. The molecule has 0 aliphatic carbocycles. The molecule has 0 saturated heterocycles. The zero-order chi connectivity index (χ0) is 15.9. The summed E-state index contributed by atoms with van der Waals surface area (Å²) in [5, 5.41) is 10.8. The van der Waals surface area contributed by atoms with Crippen molar-refractivity contribution in [1.29, 1.82) is 0 Å². The number of hydrogen-bond donors (Lipinski definition) is 2. The molecule has 118 valence electrons. The van der Waals surface area contributed by atoms with Crippen molar-refractivity contribution in [2.45, 2.75) is 13.5 Å². The molecular formula is C14H18ClN5O2. The predicted octanol–water partition coefficient (Wildman–Crippen LogP) is 1.01. The Morgan fingerprint density at radius 1 is 1.50 bits per heavy atom. The molecule has 1 aromatic heterocycles. The van der Waals surface area contributed by atoms with Crippen molar-refractivity contribution in [2.24, 2.45) is 5.73 Å². The lowest BCUT2D eigenvalue weighted by Crippen LogP contribution is -2.28. The first kappa shape index (κ1) is 16.3. The van der Waals surface area contributed by atoms with Crippen LogP contribution in [-0.2, 0) is 6.54 Å². The molecule has 0 aliphatic heterocycles. The number of aromatic nitrogens is 3. The Kier molecular flexibility index (Phi) is 5.74. The van der Waals surface area contributed by atoms with Crippen molar-refractivity contribution in [2.75, 3.05) is 19.7 Å². The van der Waals surface area contributed by atoms with Gasteiger partial charge in [0.2, 0.25) is 0 Å². The molecule has 1 amide bonds. The van der Waals surface area contributed by atoms with Crippen LogP contribution in [0.5, 0.6) is 5.75 Å². The molecule has 3 N–H and O–H groups in total. The van der Waals surface area contributed by atoms with E-state index in [2.05, 4.69) is 15.6 Å². The van der Waals surface area contributed by atoms with E-state index >= 15 is 0 Å². The van der Waals surface area contributed by atoms with E-state index < -0.39 is 0 Å². The van der Waals surface area contributed by atoms with E-state index in [4.69, 9.17) is 22.1 Å². The van der Waals surface area contributed by atoms with E-state index in [0.29, 0.717) is 37.0 Å². The molecule has 0 radical (unpaired) electrons. The number of para-hydroxylation sites is 1. The maximum Gasteiger partial charge on any atom is 0.273 e. The summed E-state index contributed by atoms with van der Waals surface area (Å²) in [6.07, 6.45) is 1.56. The lowest BCUT2D eigenvalue weighted by molar-refractivity contribution is 0.0942. The van der Waals surface area contributed by atoms with Crippen molar-refractivity contribution in [3.8, 4) is 5.75 Å². The van der Waals surface area contributed by atoms with E-state index in [1.807, 2.05) is 19.1 Å². The number of aryl methyl sites for hydroxylation is 1. The van der Waals surface area contributed by atoms with Crippen molar-refractivity contribution in [1.82, 2.24) is 20.3 Å². The molecule has 22 heavy (non-hydrogen) atoms. The van der Waals surface area contributed by atoms with Gasteiger partial charge in [-0.2, -0.15) is 0 Å². The average Bonchev–Trinajstić information content (AvgIpc) is 2.95. The van der Waals surface area contributed by atoms with Crippen LogP contribution >= 0.6 is 11.6 Å². The van der Waals surface area contributed by atoms with E-state index in [0.717, 1.165) is 5.56 Å². The van der Waals surface area contributed by atoms with E-state index in [1.165, 1.54) is 4.68 Å². The number of carbonyl (C=O) groups is 1. The largest absolute Gasteiger partial charge is 0.490 e. The van der Waals surface area contributed by atoms with E-state index in [-0.39, 0.29) is 11.6 Å². The molecule has 1 aromatic carbocycles. The highest BCUT2D eigenvalue weighted by Gasteiger charge is 2.10. The molecule has 0 bridgehead atoms. The van der Waals surface area contributed by atoms with Gasteiger partial charge in [0.15, 0.2) is 5.69 Å². The van der Waals surface area contributed by atoms with Crippen molar-refractivity contribution in [3.05, 3.63) is 40.7 Å². The molecule has 1 heterocycles. The van der Waals surface area contributed by atoms with Crippen LogP contribution in [0.2, 0.25) is 5.02 Å². The molecule has 0 fully saturated rings. The number of halogens is 1. The standard InChI is InChI=1S/C14H18ClN5O2/c1-10-3-2-4-11(15)13(10)22-8-6-17-14(21)12-9-20(7-5-16)19-18-12/h2-4,9H,5-8,16H2,1H3,(H,17,21). The Hall–Kier alpha value is -2.12. The van der Waals surface area contributed by atoms with Gasteiger partial charge in [-0.25, -0.2) is 0 Å². The summed E-state index contributed by atoms with van der Waals surface area (Å²) < 4.78 is 7.12. The van der Waals surface area contributed by atoms with Gasteiger partial charge in [0.1, 0.15) is 12.4 Å².